The van der Waals surface area contributed by atoms with E-state index in [4.69, 9.17) is 0 Å². The van der Waals surface area contributed by atoms with Gasteiger partial charge in [-0.2, -0.15) is 9.78 Å². The number of rotatable bonds is 2. The van der Waals surface area contributed by atoms with Gasteiger partial charge in [-0.1, -0.05) is 30.3 Å². The first-order valence-corrected chi connectivity index (χ1v) is 5.17. The highest BCUT2D eigenvalue weighted by Crippen LogP contribution is 2.15. The molecule has 0 unspecified atom stereocenters. The van der Waals surface area contributed by atoms with Crippen LogP contribution in [0.25, 0.3) is 17.2 Å². The lowest BCUT2D eigenvalue weighted by molar-refractivity contribution is 0.808. The first kappa shape index (κ1) is 9.65. The van der Waals surface area contributed by atoms with Crippen LogP contribution in [0, 0.1) is 0 Å². The molecule has 2 heterocycles. The lowest BCUT2D eigenvalue weighted by Crippen LogP contribution is -2.01. The third-order valence-corrected chi connectivity index (χ3v) is 2.34. The third kappa shape index (κ3) is 1.90. The summed E-state index contributed by atoms with van der Waals surface area (Å²) in [7, 11) is 0. The zero-order valence-corrected chi connectivity index (χ0v) is 8.93. The molecule has 0 radical (unpaired) electrons. The van der Waals surface area contributed by atoms with Crippen molar-refractivity contribution in [2.45, 2.75) is 0 Å². The van der Waals surface area contributed by atoms with Gasteiger partial charge in [-0.05, 0) is 6.07 Å². The van der Waals surface area contributed by atoms with Crippen LogP contribution in [-0.4, -0.2) is 24.7 Å². The molecule has 1 aromatic carbocycles. The van der Waals surface area contributed by atoms with Crippen LogP contribution in [0.5, 0.6) is 0 Å². The van der Waals surface area contributed by atoms with Gasteiger partial charge >= 0.3 is 0 Å². The second-order valence-corrected chi connectivity index (χ2v) is 3.45. The molecule has 0 N–H and O–H groups in total. The van der Waals surface area contributed by atoms with Gasteiger partial charge in [0.25, 0.3) is 5.95 Å². The molecular formula is C12H9N5. The fourth-order valence-electron chi connectivity index (χ4n) is 1.54. The van der Waals surface area contributed by atoms with Gasteiger partial charge in [0.15, 0.2) is 0 Å². The standard InChI is InChI=1S/C12H9N5/c1-2-4-10(5-3-1)11-6-7-14-12(16-11)17-9-13-8-15-17/h1-9H. The van der Waals surface area contributed by atoms with Crippen LogP contribution in [0.3, 0.4) is 0 Å². The number of hydrogen-bond acceptors (Lipinski definition) is 4. The molecular weight excluding hydrogens is 214 g/mol. The Hall–Kier alpha value is -2.56. The van der Waals surface area contributed by atoms with Crippen LogP contribution < -0.4 is 0 Å². The molecule has 5 nitrogen and oxygen atoms in total. The maximum absolute atomic E-state index is 4.43. The normalized spacial score (nSPS) is 10.4. The fraction of sp³-hybridized carbons (Fsp3) is 0. The number of aromatic nitrogens is 5. The Labute approximate surface area is 97.8 Å². The highest BCUT2D eigenvalue weighted by Gasteiger charge is 2.03. The highest BCUT2D eigenvalue weighted by atomic mass is 15.4. The second kappa shape index (κ2) is 4.13. The van der Waals surface area contributed by atoms with Gasteiger partial charge in [-0.15, -0.1) is 0 Å². The smallest absolute Gasteiger partial charge is 0.223 e. The van der Waals surface area contributed by atoms with Gasteiger partial charge in [-0.3, -0.25) is 0 Å². The summed E-state index contributed by atoms with van der Waals surface area (Å²) >= 11 is 0. The lowest BCUT2D eigenvalue weighted by Gasteiger charge is -2.02. The van der Waals surface area contributed by atoms with Crippen LogP contribution in [0.15, 0.2) is 55.2 Å². The molecule has 0 aliphatic carbocycles. The third-order valence-electron chi connectivity index (χ3n) is 2.34. The van der Waals surface area contributed by atoms with E-state index in [1.54, 1.807) is 12.5 Å². The monoisotopic (exact) mass is 223 g/mol. The quantitative estimate of drug-likeness (QED) is 0.663. The van der Waals surface area contributed by atoms with E-state index in [-0.39, 0.29) is 0 Å². The summed E-state index contributed by atoms with van der Waals surface area (Å²) in [6, 6.07) is 11.8. The van der Waals surface area contributed by atoms with E-state index in [2.05, 4.69) is 20.1 Å². The molecule has 0 bridgehead atoms. The van der Waals surface area contributed by atoms with Gasteiger partial charge in [0.05, 0.1) is 5.69 Å². The Kier molecular flexibility index (Phi) is 2.34. The molecule has 0 spiro atoms. The molecule has 0 fully saturated rings. The van der Waals surface area contributed by atoms with Gasteiger partial charge < -0.3 is 0 Å². The van der Waals surface area contributed by atoms with Crippen molar-refractivity contribution < 1.29 is 0 Å². The average molecular weight is 223 g/mol. The van der Waals surface area contributed by atoms with E-state index < -0.39 is 0 Å². The molecule has 82 valence electrons. The largest absolute Gasteiger partial charge is 0.252 e. The molecule has 0 aliphatic rings. The molecule has 5 heteroatoms. The van der Waals surface area contributed by atoms with Crippen molar-refractivity contribution in [2.75, 3.05) is 0 Å². The van der Waals surface area contributed by atoms with Crippen molar-refractivity contribution in [2.24, 2.45) is 0 Å². The summed E-state index contributed by atoms with van der Waals surface area (Å²) < 4.78 is 1.53. The van der Waals surface area contributed by atoms with Crippen molar-refractivity contribution in [3.63, 3.8) is 0 Å². The van der Waals surface area contributed by atoms with E-state index in [1.807, 2.05) is 36.4 Å². The molecule has 0 saturated heterocycles. The Morgan fingerprint density at radius 2 is 1.88 bits per heavy atom. The zero-order valence-electron chi connectivity index (χ0n) is 8.93. The first-order chi connectivity index (χ1) is 8.43. The van der Waals surface area contributed by atoms with E-state index in [0.29, 0.717) is 5.95 Å². The first-order valence-electron chi connectivity index (χ1n) is 5.17. The van der Waals surface area contributed by atoms with E-state index in [9.17, 15) is 0 Å². The predicted octanol–water partition coefficient (Wildman–Crippen LogP) is 1.72. The fourth-order valence-corrected chi connectivity index (χ4v) is 1.54. The topological polar surface area (TPSA) is 56.5 Å². The van der Waals surface area contributed by atoms with Crippen LogP contribution in [-0.2, 0) is 0 Å². The summed E-state index contributed by atoms with van der Waals surface area (Å²) in [4.78, 5) is 12.5. The minimum absolute atomic E-state index is 0.517. The van der Waals surface area contributed by atoms with Crippen LogP contribution in [0.4, 0.5) is 0 Å². The molecule has 0 amide bonds. The molecule has 3 aromatic rings. The number of nitrogens with zero attached hydrogens (tertiary/aromatic N) is 5. The van der Waals surface area contributed by atoms with Crippen LogP contribution >= 0.6 is 0 Å². The van der Waals surface area contributed by atoms with Crippen molar-refractivity contribution in [1.29, 1.82) is 0 Å². The van der Waals surface area contributed by atoms with E-state index in [0.717, 1.165) is 11.3 Å². The molecule has 3 rings (SSSR count). The van der Waals surface area contributed by atoms with Gasteiger partial charge in [0, 0.05) is 11.8 Å². The van der Waals surface area contributed by atoms with E-state index in [1.165, 1.54) is 11.0 Å². The lowest BCUT2D eigenvalue weighted by atomic mass is 10.1. The molecule has 2 aromatic heterocycles. The van der Waals surface area contributed by atoms with Crippen molar-refractivity contribution in [3.8, 4) is 17.2 Å². The Balaban J connectivity index is 2.06. The Bertz CT molecular complexity index is 604. The highest BCUT2D eigenvalue weighted by molar-refractivity contribution is 5.58. The van der Waals surface area contributed by atoms with Gasteiger partial charge in [-0.25, -0.2) is 15.0 Å². The summed E-state index contributed by atoms with van der Waals surface area (Å²) in [5, 5.41) is 4.00. The molecule has 0 aliphatic heterocycles. The second-order valence-electron chi connectivity index (χ2n) is 3.45. The predicted molar refractivity (Wildman–Crippen MR) is 62.4 cm³/mol. The maximum atomic E-state index is 4.43. The summed E-state index contributed by atoms with van der Waals surface area (Å²) in [6.07, 6.45) is 4.75. The summed E-state index contributed by atoms with van der Waals surface area (Å²) in [5.74, 6) is 0.517. The zero-order chi connectivity index (χ0) is 11.5. The van der Waals surface area contributed by atoms with Crippen LogP contribution in [0.1, 0.15) is 0 Å². The van der Waals surface area contributed by atoms with Crippen molar-refractivity contribution >= 4 is 0 Å². The SMILES string of the molecule is c1ccc(-c2ccnc(-n3cncn3)n2)cc1. The Morgan fingerprint density at radius 3 is 2.65 bits per heavy atom. The van der Waals surface area contributed by atoms with Crippen molar-refractivity contribution in [3.05, 3.63) is 55.2 Å². The number of hydrogen-bond donors (Lipinski definition) is 0. The van der Waals surface area contributed by atoms with E-state index >= 15 is 0 Å². The minimum Gasteiger partial charge on any atom is -0.223 e. The molecule has 0 saturated carbocycles. The van der Waals surface area contributed by atoms with Crippen LogP contribution in [0.2, 0.25) is 0 Å². The summed E-state index contributed by atoms with van der Waals surface area (Å²) in [6.45, 7) is 0. The minimum atomic E-state index is 0.517. The summed E-state index contributed by atoms with van der Waals surface area (Å²) in [5.41, 5.74) is 1.92. The Morgan fingerprint density at radius 1 is 1.00 bits per heavy atom. The molecule has 17 heavy (non-hydrogen) atoms. The number of benzene rings is 1. The average Bonchev–Trinajstić information content (AvgIpc) is 2.94. The maximum Gasteiger partial charge on any atom is 0.252 e. The van der Waals surface area contributed by atoms with Gasteiger partial charge in [0.2, 0.25) is 0 Å². The van der Waals surface area contributed by atoms with Crippen molar-refractivity contribution in [1.82, 2.24) is 24.7 Å². The molecule has 0 atom stereocenters. The van der Waals surface area contributed by atoms with Gasteiger partial charge in [0.1, 0.15) is 12.7 Å².